The summed E-state index contributed by atoms with van der Waals surface area (Å²) >= 11 is 6.44. The molecule has 0 radical (unpaired) electrons. The highest BCUT2D eigenvalue weighted by Crippen LogP contribution is 2.30. The van der Waals surface area contributed by atoms with Crippen molar-refractivity contribution in [3.63, 3.8) is 0 Å². The van der Waals surface area contributed by atoms with Gasteiger partial charge in [0.25, 0.3) is 10.0 Å². The molecule has 2 amide bonds. The van der Waals surface area contributed by atoms with Gasteiger partial charge in [-0.25, -0.2) is 8.42 Å². The minimum atomic E-state index is -4.15. The zero-order chi connectivity index (χ0) is 28.4. The Labute approximate surface area is 236 Å². The molecule has 0 aliphatic rings. The first-order valence-electron chi connectivity index (χ1n) is 13.1. The number of halogens is 1. The van der Waals surface area contributed by atoms with Crippen molar-refractivity contribution in [1.82, 2.24) is 10.2 Å². The fraction of sp³-hybridized carbons (Fsp3) is 0.333. The van der Waals surface area contributed by atoms with Gasteiger partial charge in [-0.1, -0.05) is 92.0 Å². The molecular weight excluding hydrogens is 534 g/mol. The van der Waals surface area contributed by atoms with Crippen molar-refractivity contribution in [1.29, 1.82) is 0 Å². The Morgan fingerprint density at radius 3 is 2.28 bits per heavy atom. The number of hydrogen-bond donors (Lipinski definition) is 1. The number of hydrogen-bond acceptors (Lipinski definition) is 4. The van der Waals surface area contributed by atoms with Gasteiger partial charge in [0, 0.05) is 13.1 Å². The second kappa shape index (κ2) is 14.1. The molecule has 0 aliphatic heterocycles. The first-order chi connectivity index (χ1) is 18.7. The van der Waals surface area contributed by atoms with Crippen LogP contribution in [-0.4, -0.2) is 44.3 Å². The third kappa shape index (κ3) is 7.83. The number of carbonyl (C=O) groups excluding carboxylic acids is 2. The number of nitrogens with one attached hydrogen (secondary N) is 1. The Kier molecular flexibility index (Phi) is 10.9. The number of carbonyl (C=O) groups is 2. The molecule has 0 saturated heterocycles. The predicted octanol–water partition coefficient (Wildman–Crippen LogP) is 5.57. The molecule has 0 aromatic heterocycles. The molecular formula is C30H36ClN3O4S. The molecule has 0 saturated carbocycles. The van der Waals surface area contributed by atoms with Gasteiger partial charge in [0.2, 0.25) is 11.8 Å². The number of aryl methyl sites for hydroxylation is 1. The first-order valence-corrected chi connectivity index (χ1v) is 15.0. The Hall–Kier alpha value is -3.36. The highest BCUT2D eigenvalue weighted by atomic mass is 35.5. The predicted molar refractivity (Wildman–Crippen MR) is 156 cm³/mol. The molecule has 3 rings (SSSR count). The van der Waals surface area contributed by atoms with Gasteiger partial charge in [0.1, 0.15) is 12.6 Å². The highest BCUT2D eigenvalue weighted by molar-refractivity contribution is 7.92. The average molecular weight is 570 g/mol. The number of benzene rings is 3. The number of nitrogens with zero attached hydrogens (tertiary/aromatic N) is 2. The van der Waals surface area contributed by atoms with E-state index in [9.17, 15) is 18.0 Å². The molecule has 39 heavy (non-hydrogen) atoms. The lowest BCUT2D eigenvalue weighted by atomic mass is 10.1. The van der Waals surface area contributed by atoms with E-state index in [-0.39, 0.29) is 28.1 Å². The van der Waals surface area contributed by atoms with Gasteiger partial charge in [0.15, 0.2) is 0 Å². The number of rotatable bonds is 13. The molecule has 1 atom stereocenters. The van der Waals surface area contributed by atoms with Crippen LogP contribution in [0.25, 0.3) is 0 Å². The van der Waals surface area contributed by atoms with Crippen LogP contribution < -0.4 is 9.62 Å². The lowest BCUT2D eigenvalue weighted by Gasteiger charge is -2.33. The lowest BCUT2D eigenvalue weighted by molar-refractivity contribution is -0.140. The van der Waals surface area contributed by atoms with Crippen molar-refractivity contribution >= 4 is 39.1 Å². The van der Waals surface area contributed by atoms with E-state index >= 15 is 0 Å². The molecule has 0 bridgehead atoms. The van der Waals surface area contributed by atoms with E-state index in [0.717, 1.165) is 28.3 Å². The minimum absolute atomic E-state index is 0.0345. The van der Waals surface area contributed by atoms with Gasteiger partial charge >= 0.3 is 0 Å². The third-order valence-electron chi connectivity index (χ3n) is 6.38. The molecule has 9 heteroatoms. The number of amides is 2. The average Bonchev–Trinajstić information content (AvgIpc) is 2.92. The van der Waals surface area contributed by atoms with Crippen molar-refractivity contribution in [3.05, 3.63) is 95.0 Å². The molecule has 3 aromatic carbocycles. The Morgan fingerprint density at radius 1 is 0.949 bits per heavy atom. The standard InChI is InChI=1S/C30H36ClN3O4S/c1-4-6-19-32-30(36)27(5-2)33(21-24-14-12-13-23(3)20-24)29(35)22-34(28-18-11-10-17-26(28)31)39(37,38)25-15-8-7-9-16-25/h7-18,20,27H,4-6,19,21-22H2,1-3H3,(H,32,36)/t27-/m0/s1. The van der Waals surface area contributed by atoms with Crippen LogP contribution in [0.3, 0.4) is 0 Å². The maximum absolute atomic E-state index is 14.0. The van der Waals surface area contributed by atoms with Gasteiger partial charge in [0.05, 0.1) is 15.6 Å². The van der Waals surface area contributed by atoms with E-state index in [1.54, 1.807) is 42.5 Å². The fourth-order valence-electron chi connectivity index (χ4n) is 4.32. The van der Waals surface area contributed by atoms with Crippen LogP contribution in [0, 0.1) is 6.92 Å². The quantitative estimate of drug-likeness (QED) is 0.273. The second-order valence-electron chi connectivity index (χ2n) is 9.36. The van der Waals surface area contributed by atoms with Crippen LogP contribution in [0.4, 0.5) is 5.69 Å². The summed E-state index contributed by atoms with van der Waals surface area (Å²) in [4.78, 5) is 28.8. The second-order valence-corrected chi connectivity index (χ2v) is 11.6. The van der Waals surface area contributed by atoms with Gasteiger partial charge in [-0.05, 0) is 49.6 Å². The summed E-state index contributed by atoms with van der Waals surface area (Å²) in [6, 6.07) is 21.3. The molecule has 0 unspecified atom stereocenters. The monoisotopic (exact) mass is 569 g/mol. The molecule has 3 aromatic rings. The largest absolute Gasteiger partial charge is 0.354 e. The van der Waals surface area contributed by atoms with E-state index in [2.05, 4.69) is 5.32 Å². The zero-order valence-electron chi connectivity index (χ0n) is 22.6. The first kappa shape index (κ1) is 30.2. The maximum atomic E-state index is 14.0. The third-order valence-corrected chi connectivity index (χ3v) is 8.48. The molecule has 7 nitrogen and oxygen atoms in total. The Balaban J connectivity index is 2.03. The fourth-order valence-corrected chi connectivity index (χ4v) is 6.06. The van der Waals surface area contributed by atoms with Gasteiger partial charge in [-0.15, -0.1) is 0 Å². The molecule has 0 spiro atoms. The summed E-state index contributed by atoms with van der Waals surface area (Å²) in [6.45, 7) is 5.97. The van der Waals surface area contributed by atoms with Crippen molar-refractivity contribution in [3.8, 4) is 0 Å². The SMILES string of the molecule is CCCCNC(=O)[C@H](CC)N(Cc1cccc(C)c1)C(=O)CN(c1ccccc1Cl)S(=O)(=O)c1ccccc1. The molecule has 0 heterocycles. The summed E-state index contributed by atoms with van der Waals surface area (Å²) < 4.78 is 28.6. The van der Waals surface area contributed by atoms with Crippen LogP contribution in [-0.2, 0) is 26.2 Å². The summed E-state index contributed by atoms with van der Waals surface area (Å²) in [7, 11) is -4.15. The maximum Gasteiger partial charge on any atom is 0.264 e. The topological polar surface area (TPSA) is 86.8 Å². The molecule has 1 N–H and O–H groups in total. The number of para-hydroxylation sites is 1. The lowest BCUT2D eigenvalue weighted by Crippen LogP contribution is -2.52. The molecule has 0 aliphatic carbocycles. The summed E-state index contributed by atoms with van der Waals surface area (Å²) in [5.41, 5.74) is 2.05. The van der Waals surface area contributed by atoms with Gasteiger partial charge in [-0.3, -0.25) is 13.9 Å². The van der Waals surface area contributed by atoms with E-state index in [1.807, 2.05) is 45.0 Å². The van der Waals surface area contributed by atoms with E-state index in [1.165, 1.54) is 17.0 Å². The van der Waals surface area contributed by atoms with Crippen LogP contribution in [0.5, 0.6) is 0 Å². The highest BCUT2D eigenvalue weighted by Gasteiger charge is 2.34. The minimum Gasteiger partial charge on any atom is -0.354 e. The van der Waals surface area contributed by atoms with E-state index in [0.29, 0.717) is 13.0 Å². The number of sulfonamides is 1. The zero-order valence-corrected chi connectivity index (χ0v) is 24.2. The normalized spacial score (nSPS) is 12.0. The Morgan fingerprint density at radius 2 is 1.64 bits per heavy atom. The van der Waals surface area contributed by atoms with Gasteiger partial charge < -0.3 is 10.2 Å². The van der Waals surface area contributed by atoms with Crippen molar-refractivity contribution in [2.75, 3.05) is 17.4 Å². The number of anilines is 1. The van der Waals surface area contributed by atoms with Crippen molar-refractivity contribution in [2.45, 2.75) is 57.5 Å². The van der Waals surface area contributed by atoms with Gasteiger partial charge in [-0.2, -0.15) is 0 Å². The van der Waals surface area contributed by atoms with Crippen LogP contribution in [0.15, 0.2) is 83.8 Å². The molecule has 208 valence electrons. The van der Waals surface area contributed by atoms with Crippen molar-refractivity contribution < 1.29 is 18.0 Å². The van der Waals surface area contributed by atoms with Crippen LogP contribution in [0.2, 0.25) is 5.02 Å². The van der Waals surface area contributed by atoms with Crippen LogP contribution >= 0.6 is 11.6 Å². The number of unbranched alkanes of at least 4 members (excludes halogenated alkanes) is 1. The summed E-state index contributed by atoms with van der Waals surface area (Å²) in [5, 5.41) is 3.13. The summed E-state index contributed by atoms with van der Waals surface area (Å²) in [5.74, 6) is -0.768. The van der Waals surface area contributed by atoms with Crippen LogP contribution in [0.1, 0.15) is 44.2 Å². The van der Waals surface area contributed by atoms with Crippen molar-refractivity contribution in [2.24, 2.45) is 0 Å². The Bertz CT molecular complexity index is 1370. The summed E-state index contributed by atoms with van der Waals surface area (Å²) in [6.07, 6.45) is 2.11. The smallest absolute Gasteiger partial charge is 0.264 e. The van der Waals surface area contributed by atoms with E-state index in [4.69, 9.17) is 11.6 Å². The molecule has 0 fully saturated rings. The van der Waals surface area contributed by atoms with E-state index < -0.39 is 28.5 Å².